The van der Waals surface area contributed by atoms with E-state index in [1.54, 1.807) is 0 Å². The van der Waals surface area contributed by atoms with Gasteiger partial charge in [0, 0.05) is 20.2 Å². The van der Waals surface area contributed by atoms with Crippen molar-refractivity contribution in [3.8, 4) is 0 Å². The fourth-order valence-electron chi connectivity index (χ4n) is 2.69. The number of hydrogen-bond acceptors (Lipinski definition) is 3. The van der Waals surface area contributed by atoms with E-state index >= 15 is 0 Å². The molecule has 1 aliphatic heterocycles. The van der Waals surface area contributed by atoms with E-state index in [0.717, 1.165) is 31.5 Å². The van der Waals surface area contributed by atoms with Crippen molar-refractivity contribution in [1.82, 2.24) is 10.2 Å². The molecule has 0 saturated carbocycles. The number of ether oxygens (including phenoxy) is 1. The molecule has 1 saturated heterocycles. The second kappa shape index (κ2) is 8.13. The van der Waals surface area contributed by atoms with Crippen molar-refractivity contribution >= 4 is 0 Å². The highest BCUT2D eigenvalue weighted by Crippen LogP contribution is 2.20. The summed E-state index contributed by atoms with van der Waals surface area (Å²) in [6.07, 6.45) is 1.69. The van der Waals surface area contributed by atoms with E-state index in [-0.39, 0.29) is 0 Å². The number of likely N-dealkylation sites (tertiary alicyclic amines) is 1. The summed E-state index contributed by atoms with van der Waals surface area (Å²) in [5.74, 6) is 2.17. The van der Waals surface area contributed by atoms with Gasteiger partial charge in [-0.15, -0.1) is 0 Å². The maximum absolute atomic E-state index is 5.57. The molecule has 1 rings (SSSR count). The van der Waals surface area contributed by atoms with Crippen molar-refractivity contribution < 1.29 is 4.74 Å². The van der Waals surface area contributed by atoms with E-state index in [9.17, 15) is 0 Å². The molecular weight excluding hydrogens is 224 g/mol. The summed E-state index contributed by atoms with van der Waals surface area (Å²) in [5.41, 5.74) is 0. The van der Waals surface area contributed by atoms with Crippen LogP contribution < -0.4 is 5.32 Å². The minimum Gasteiger partial charge on any atom is -0.380 e. The topological polar surface area (TPSA) is 24.5 Å². The van der Waals surface area contributed by atoms with Gasteiger partial charge in [-0.3, -0.25) is 0 Å². The van der Waals surface area contributed by atoms with Gasteiger partial charge >= 0.3 is 0 Å². The van der Waals surface area contributed by atoms with Crippen LogP contribution in [0.3, 0.4) is 0 Å². The second-order valence-electron chi connectivity index (χ2n) is 6.46. The maximum atomic E-state index is 5.57. The van der Waals surface area contributed by atoms with Crippen LogP contribution in [-0.2, 0) is 4.74 Å². The SMILES string of the molecule is COC1CN(CC(C)CNCC(C)C)CCC1C. The van der Waals surface area contributed by atoms with Crippen molar-refractivity contribution in [3.63, 3.8) is 0 Å². The number of hydrogen-bond donors (Lipinski definition) is 1. The zero-order valence-corrected chi connectivity index (χ0v) is 12.9. The normalized spacial score (nSPS) is 27.7. The van der Waals surface area contributed by atoms with Gasteiger partial charge in [0.2, 0.25) is 0 Å². The first-order chi connectivity index (χ1) is 8.52. The molecule has 0 aromatic carbocycles. The Labute approximate surface area is 113 Å². The van der Waals surface area contributed by atoms with Crippen LogP contribution in [0.25, 0.3) is 0 Å². The molecule has 3 nitrogen and oxygen atoms in total. The van der Waals surface area contributed by atoms with E-state index in [1.165, 1.54) is 19.5 Å². The van der Waals surface area contributed by atoms with Gasteiger partial charge in [-0.25, -0.2) is 0 Å². The van der Waals surface area contributed by atoms with Gasteiger partial charge in [0.1, 0.15) is 0 Å². The van der Waals surface area contributed by atoms with Crippen LogP contribution in [0.4, 0.5) is 0 Å². The Morgan fingerprint density at radius 3 is 2.61 bits per heavy atom. The molecule has 0 aromatic rings. The van der Waals surface area contributed by atoms with E-state index in [2.05, 4.69) is 37.9 Å². The first-order valence-electron chi connectivity index (χ1n) is 7.48. The Kier molecular flexibility index (Phi) is 7.20. The molecule has 0 spiro atoms. The summed E-state index contributed by atoms with van der Waals surface area (Å²) in [6.45, 7) is 14.9. The fourth-order valence-corrected chi connectivity index (χ4v) is 2.69. The highest BCUT2D eigenvalue weighted by molar-refractivity contribution is 4.79. The number of nitrogens with one attached hydrogen (secondary N) is 1. The molecule has 108 valence electrons. The van der Waals surface area contributed by atoms with Gasteiger partial charge in [0.15, 0.2) is 0 Å². The van der Waals surface area contributed by atoms with Crippen molar-refractivity contribution in [3.05, 3.63) is 0 Å². The summed E-state index contributed by atoms with van der Waals surface area (Å²) in [5, 5.41) is 3.55. The van der Waals surface area contributed by atoms with Crippen LogP contribution in [0.15, 0.2) is 0 Å². The number of nitrogens with zero attached hydrogens (tertiary/aromatic N) is 1. The van der Waals surface area contributed by atoms with Gasteiger partial charge in [0.05, 0.1) is 6.10 Å². The maximum Gasteiger partial charge on any atom is 0.0724 e. The van der Waals surface area contributed by atoms with E-state index in [4.69, 9.17) is 4.74 Å². The molecule has 18 heavy (non-hydrogen) atoms. The molecule has 0 aliphatic carbocycles. The van der Waals surface area contributed by atoms with Gasteiger partial charge in [-0.05, 0) is 43.8 Å². The molecule has 1 aliphatic rings. The fraction of sp³-hybridized carbons (Fsp3) is 1.00. The van der Waals surface area contributed by atoms with Crippen LogP contribution >= 0.6 is 0 Å². The summed E-state index contributed by atoms with van der Waals surface area (Å²) in [6, 6.07) is 0. The molecule has 3 heteroatoms. The quantitative estimate of drug-likeness (QED) is 0.756. The van der Waals surface area contributed by atoms with E-state index in [1.807, 2.05) is 7.11 Å². The second-order valence-corrected chi connectivity index (χ2v) is 6.46. The number of methoxy groups -OCH3 is 1. The van der Waals surface area contributed by atoms with Gasteiger partial charge in [-0.2, -0.15) is 0 Å². The molecular formula is C15H32N2O. The van der Waals surface area contributed by atoms with Crippen LogP contribution in [0.5, 0.6) is 0 Å². The van der Waals surface area contributed by atoms with Crippen molar-refractivity contribution in [1.29, 1.82) is 0 Å². The third kappa shape index (κ3) is 5.68. The summed E-state index contributed by atoms with van der Waals surface area (Å²) in [7, 11) is 1.85. The van der Waals surface area contributed by atoms with Crippen molar-refractivity contribution in [2.24, 2.45) is 17.8 Å². The Morgan fingerprint density at radius 2 is 2.00 bits per heavy atom. The monoisotopic (exact) mass is 256 g/mol. The van der Waals surface area contributed by atoms with Gasteiger partial charge < -0.3 is 15.0 Å². The van der Waals surface area contributed by atoms with Crippen molar-refractivity contribution in [2.75, 3.05) is 39.8 Å². The van der Waals surface area contributed by atoms with E-state index < -0.39 is 0 Å². The Balaban J connectivity index is 2.21. The average molecular weight is 256 g/mol. The predicted molar refractivity (Wildman–Crippen MR) is 77.9 cm³/mol. The Bertz CT molecular complexity index is 221. The Hall–Kier alpha value is -0.120. The highest BCUT2D eigenvalue weighted by Gasteiger charge is 2.26. The standard InChI is InChI=1S/C15H32N2O/c1-12(2)8-16-9-13(3)10-17-7-6-14(4)15(11-17)18-5/h12-16H,6-11H2,1-5H3. The lowest BCUT2D eigenvalue weighted by Crippen LogP contribution is -2.46. The molecule has 0 amide bonds. The van der Waals surface area contributed by atoms with Crippen LogP contribution in [0.1, 0.15) is 34.1 Å². The molecule has 1 N–H and O–H groups in total. The largest absolute Gasteiger partial charge is 0.380 e. The minimum absolute atomic E-state index is 0.426. The predicted octanol–water partition coefficient (Wildman–Crippen LogP) is 2.22. The Morgan fingerprint density at radius 1 is 1.28 bits per heavy atom. The van der Waals surface area contributed by atoms with Crippen molar-refractivity contribution in [2.45, 2.75) is 40.2 Å². The average Bonchev–Trinajstić information content (AvgIpc) is 2.31. The minimum atomic E-state index is 0.426. The lowest BCUT2D eigenvalue weighted by atomic mass is 9.95. The van der Waals surface area contributed by atoms with Crippen LogP contribution in [0, 0.1) is 17.8 Å². The first-order valence-corrected chi connectivity index (χ1v) is 7.48. The zero-order chi connectivity index (χ0) is 13.5. The zero-order valence-electron chi connectivity index (χ0n) is 12.9. The summed E-state index contributed by atoms with van der Waals surface area (Å²) < 4.78 is 5.57. The third-order valence-electron chi connectivity index (χ3n) is 3.89. The molecule has 0 bridgehead atoms. The lowest BCUT2D eigenvalue weighted by molar-refractivity contribution is -0.00853. The molecule has 3 unspecified atom stereocenters. The summed E-state index contributed by atoms with van der Waals surface area (Å²) >= 11 is 0. The third-order valence-corrected chi connectivity index (χ3v) is 3.89. The summed E-state index contributed by atoms with van der Waals surface area (Å²) in [4.78, 5) is 2.57. The molecule has 1 heterocycles. The number of piperidine rings is 1. The van der Waals surface area contributed by atoms with Gasteiger partial charge in [0.25, 0.3) is 0 Å². The van der Waals surface area contributed by atoms with Crippen LogP contribution in [0.2, 0.25) is 0 Å². The lowest BCUT2D eigenvalue weighted by Gasteiger charge is -2.37. The number of rotatable bonds is 7. The molecule has 0 aromatic heterocycles. The highest BCUT2D eigenvalue weighted by atomic mass is 16.5. The molecule has 0 radical (unpaired) electrons. The van der Waals surface area contributed by atoms with E-state index in [0.29, 0.717) is 12.0 Å². The molecule has 3 atom stereocenters. The van der Waals surface area contributed by atoms with Crippen LogP contribution in [-0.4, -0.2) is 50.8 Å². The smallest absolute Gasteiger partial charge is 0.0724 e. The first kappa shape index (κ1) is 15.9. The molecule has 1 fully saturated rings. The van der Waals surface area contributed by atoms with Gasteiger partial charge in [-0.1, -0.05) is 27.7 Å².